The van der Waals surface area contributed by atoms with Crippen molar-refractivity contribution in [2.45, 2.75) is 32.8 Å². The van der Waals surface area contributed by atoms with Crippen LogP contribution in [0.3, 0.4) is 0 Å². The molecule has 0 aromatic heterocycles. The third-order valence-corrected chi connectivity index (χ3v) is 2.54. The van der Waals surface area contributed by atoms with Crippen LogP contribution in [0.15, 0.2) is 0 Å². The number of rotatable bonds is 7. The molecule has 2 unspecified atom stereocenters. The second-order valence-corrected chi connectivity index (χ2v) is 3.82. The van der Waals surface area contributed by atoms with Gasteiger partial charge in [-0.25, -0.2) is 0 Å². The van der Waals surface area contributed by atoms with Crippen LogP contribution in [0.25, 0.3) is 0 Å². The van der Waals surface area contributed by atoms with Crippen molar-refractivity contribution < 1.29 is 9.84 Å². The maximum Gasteiger partial charge on any atom is 0.0679 e. The summed E-state index contributed by atoms with van der Waals surface area (Å²) in [5, 5.41) is 13.2. The zero-order chi connectivity index (χ0) is 10.3. The Bertz CT molecular complexity index is 126. The second kappa shape index (κ2) is 6.35. The first-order valence-electron chi connectivity index (χ1n) is 4.96. The lowest BCUT2D eigenvalue weighted by Crippen LogP contribution is -2.38. The fourth-order valence-corrected chi connectivity index (χ4v) is 1.19. The average Bonchev–Trinajstić information content (AvgIpc) is 2.05. The van der Waals surface area contributed by atoms with Crippen LogP contribution in [0, 0.1) is 5.92 Å². The molecule has 0 aliphatic heterocycles. The van der Waals surface area contributed by atoms with Gasteiger partial charge in [-0.2, -0.15) is 0 Å². The zero-order valence-electron chi connectivity index (χ0n) is 9.26. The molecule has 3 heteroatoms. The van der Waals surface area contributed by atoms with Gasteiger partial charge in [-0.1, -0.05) is 13.8 Å². The average molecular weight is 189 g/mol. The Morgan fingerprint density at radius 3 is 2.62 bits per heavy atom. The molecule has 13 heavy (non-hydrogen) atoms. The Labute approximate surface area is 81.5 Å². The van der Waals surface area contributed by atoms with Crippen molar-refractivity contribution in [3.05, 3.63) is 0 Å². The number of nitrogens with one attached hydrogen (secondary N) is 1. The summed E-state index contributed by atoms with van der Waals surface area (Å²) in [5.41, 5.74) is -0.627. The van der Waals surface area contributed by atoms with E-state index in [0.717, 1.165) is 19.5 Å². The Balaban J connectivity index is 3.76. The quantitative estimate of drug-likeness (QED) is 0.588. The van der Waals surface area contributed by atoms with Crippen molar-refractivity contribution >= 4 is 0 Å². The van der Waals surface area contributed by atoms with Crippen molar-refractivity contribution in [2.24, 2.45) is 5.92 Å². The summed E-state index contributed by atoms with van der Waals surface area (Å²) in [6.07, 6.45) is 0.769. The Hall–Kier alpha value is -0.120. The summed E-state index contributed by atoms with van der Waals surface area (Å²) in [7, 11) is 1.66. The molecular weight excluding hydrogens is 166 g/mol. The van der Waals surface area contributed by atoms with Crippen molar-refractivity contribution in [1.29, 1.82) is 0 Å². The van der Waals surface area contributed by atoms with Crippen LogP contribution in [0.5, 0.6) is 0 Å². The van der Waals surface area contributed by atoms with Crippen molar-refractivity contribution in [3.8, 4) is 0 Å². The lowest BCUT2D eigenvalue weighted by Gasteiger charge is -2.29. The number of hydrogen-bond acceptors (Lipinski definition) is 3. The van der Waals surface area contributed by atoms with Gasteiger partial charge >= 0.3 is 0 Å². The Morgan fingerprint density at radius 1 is 1.54 bits per heavy atom. The van der Waals surface area contributed by atoms with Crippen molar-refractivity contribution in [3.63, 3.8) is 0 Å². The molecule has 0 rings (SSSR count). The predicted molar refractivity (Wildman–Crippen MR) is 54.8 cm³/mol. The minimum absolute atomic E-state index is 0.177. The smallest absolute Gasteiger partial charge is 0.0679 e. The number of aliphatic hydroxyl groups is 1. The normalized spacial score (nSPS) is 18.2. The van der Waals surface area contributed by atoms with E-state index in [1.165, 1.54) is 0 Å². The Morgan fingerprint density at radius 2 is 2.15 bits per heavy atom. The summed E-state index contributed by atoms with van der Waals surface area (Å²) in [6.45, 7) is 8.36. The first-order valence-corrected chi connectivity index (χ1v) is 4.96. The topological polar surface area (TPSA) is 41.5 Å². The number of ether oxygens (including phenoxy) is 1. The first kappa shape index (κ1) is 12.9. The Kier molecular flexibility index (Phi) is 6.29. The van der Waals surface area contributed by atoms with E-state index in [4.69, 9.17) is 4.74 Å². The largest absolute Gasteiger partial charge is 0.390 e. The molecule has 2 N–H and O–H groups in total. The highest BCUT2D eigenvalue weighted by Gasteiger charge is 2.27. The molecule has 0 spiro atoms. The molecule has 3 nitrogen and oxygen atoms in total. The predicted octanol–water partition coefficient (Wildman–Crippen LogP) is 1.02. The third-order valence-electron chi connectivity index (χ3n) is 2.54. The molecule has 0 heterocycles. The van der Waals surface area contributed by atoms with Gasteiger partial charge in [0.25, 0.3) is 0 Å². The maximum atomic E-state index is 10.0. The molecule has 0 aliphatic carbocycles. The van der Waals surface area contributed by atoms with Gasteiger partial charge in [-0.05, 0) is 26.4 Å². The van der Waals surface area contributed by atoms with E-state index >= 15 is 0 Å². The molecule has 2 atom stereocenters. The van der Waals surface area contributed by atoms with Gasteiger partial charge in [0.05, 0.1) is 12.2 Å². The zero-order valence-corrected chi connectivity index (χ0v) is 9.26. The van der Waals surface area contributed by atoms with Crippen LogP contribution in [-0.2, 0) is 4.74 Å². The van der Waals surface area contributed by atoms with Crippen LogP contribution >= 0.6 is 0 Å². The van der Waals surface area contributed by atoms with Gasteiger partial charge in [0.1, 0.15) is 0 Å². The van der Waals surface area contributed by atoms with Gasteiger partial charge in [0, 0.05) is 13.0 Å². The van der Waals surface area contributed by atoms with E-state index in [0.29, 0.717) is 6.61 Å². The highest BCUT2D eigenvalue weighted by molar-refractivity contribution is 4.79. The molecular formula is C10H23NO2. The fourth-order valence-electron chi connectivity index (χ4n) is 1.19. The third kappa shape index (κ3) is 5.24. The molecule has 0 radical (unpaired) electrons. The van der Waals surface area contributed by atoms with E-state index in [1.54, 1.807) is 7.11 Å². The van der Waals surface area contributed by atoms with Crippen LogP contribution in [0.4, 0.5) is 0 Å². The van der Waals surface area contributed by atoms with Gasteiger partial charge in [-0.3, -0.25) is 0 Å². The standard InChI is InChI=1S/C10H23NO2/c1-5-11-7-6-10(3,12)9(2)8-13-4/h9,11-12H,5-8H2,1-4H3. The molecule has 0 aromatic rings. The summed E-state index contributed by atoms with van der Waals surface area (Å²) < 4.78 is 5.02. The number of hydrogen-bond donors (Lipinski definition) is 2. The SMILES string of the molecule is CCNCCC(C)(O)C(C)COC. The highest BCUT2D eigenvalue weighted by Crippen LogP contribution is 2.20. The molecule has 0 aromatic carbocycles. The molecule has 0 saturated heterocycles. The van der Waals surface area contributed by atoms with E-state index in [9.17, 15) is 5.11 Å². The van der Waals surface area contributed by atoms with Gasteiger partial charge in [-0.15, -0.1) is 0 Å². The first-order chi connectivity index (χ1) is 6.04. The molecule has 0 amide bonds. The van der Waals surface area contributed by atoms with Crippen molar-refractivity contribution in [1.82, 2.24) is 5.32 Å². The summed E-state index contributed by atoms with van der Waals surface area (Å²) in [5.74, 6) is 0.177. The van der Waals surface area contributed by atoms with Crippen molar-refractivity contribution in [2.75, 3.05) is 26.8 Å². The van der Waals surface area contributed by atoms with Gasteiger partial charge in [0.15, 0.2) is 0 Å². The second-order valence-electron chi connectivity index (χ2n) is 3.82. The highest BCUT2D eigenvalue weighted by atomic mass is 16.5. The minimum atomic E-state index is -0.627. The molecule has 0 fully saturated rings. The monoisotopic (exact) mass is 189 g/mol. The van der Waals surface area contributed by atoms with E-state index < -0.39 is 5.60 Å². The fraction of sp³-hybridized carbons (Fsp3) is 1.00. The lowest BCUT2D eigenvalue weighted by atomic mass is 9.88. The number of methoxy groups -OCH3 is 1. The molecule has 0 bridgehead atoms. The van der Waals surface area contributed by atoms with Crippen LogP contribution < -0.4 is 5.32 Å². The van der Waals surface area contributed by atoms with Gasteiger partial charge < -0.3 is 15.2 Å². The summed E-state index contributed by atoms with van der Waals surface area (Å²) in [4.78, 5) is 0. The van der Waals surface area contributed by atoms with Crippen LogP contribution in [0.2, 0.25) is 0 Å². The summed E-state index contributed by atoms with van der Waals surface area (Å²) in [6, 6.07) is 0. The maximum absolute atomic E-state index is 10.0. The summed E-state index contributed by atoms with van der Waals surface area (Å²) >= 11 is 0. The van der Waals surface area contributed by atoms with E-state index in [2.05, 4.69) is 12.2 Å². The minimum Gasteiger partial charge on any atom is -0.390 e. The molecule has 0 aliphatic rings. The van der Waals surface area contributed by atoms with E-state index in [-0.39, 0.29) is 5.92 Å². The van der Waals surface area contributed by atoms with Gasteiger partial charge in [0.2, 0.25) is 0 Å². The molecule has 0 saturated carbocycles. The molecule has 80 valence electrons. The van der Waals surface area contributed by atoms with Crippen LogP contribution in [0.1, 0.15) is 27.2 Å². The van der Waals surface area contributed by atoms with Crippen LogP contribution in [-0.4, -0.2) is 37.5 Å². The lowest BCUT2D eigenvalue weighted by molar-refractivity contribution is -0.0307. The van der Waals surface area contributed by atoms with E-state index in [1.807, 2.05) is 13.8 Å².